The number of aryl methyl sites for hydroxylation is 2. The lowest BCUT2D eigenvalue weighted by atomic mass is 9.91. The summed E-state index contributed by atoms with van der Waals surface area (Å²) in [5.41, 5.74) is 1.90. The van der Waals surface area contributed by atoms with Gasteiger partial charge in [-0.25, -0.2) is 0 Å². The average molecular weight is 280 g/mol. The van der Waals surface area contributed by atoms with E-state index in [0.29, 0.717) is 13.0 Å². The van der Waals surface area contributed by atoms with Crippen LogP contribution in [0, 0.1) is 0 Å². The SMILES string of the molecule is CCOC1(C(O)Cc2cc(CC)nn2CC)CCCC1. The molecule has 1 N–H and O–H groups in total. The van der Waals surface area contributed by atoms with Crippen molar-refractivity contribution in [2.45, 2.75) is 77.5 Å². The minimum atomic E-state index is -0.434. The van der Waals surface area contributed by atoms with Crippen LogP contribution in [0.2, 0.25) is 0 Å². The summed E-state index contributed by atoms with van der Waals surface area (Å²) in [6.45, 7) is 7.74. The Morgan fingerprint density at radius 2 is 2.05 bits per heavy atom. The molecule has 0 bridgehead atoms. The van der Waals surface area contributed by atoms with E-state index in [0.717, 1.165) is 50.0 Å². The molecule has 2 rings (SSSR count). The highest BCUT2D eigenvalue weighted by Crippen LogP contribution is 2.37. The van der Waals surface area contributed by atoms with Gasteiger partial charge in [0.25, 0.3) is 0 Å². The molecule has 1 aromatic rings. The van der Waals surface area contributed by atoms with Crippen LogP contribution < -0.4 is 0 Å². The predicted octanol–water partition coefficient (Wildman–Crippen LogP) is 2.72. The molecule has 20 heavy (non-hydrogen) atoms. The van der Waals surface area contributed by atoms with Gasteiger partial charge < -0.3 is 9.84 Å². The lowest BCUT2D eigenvalue weighted by Gasteiger charge is -2.34. The normalized spacial score (nSPS) is 19.4. The molecule has 0 saturated heterocycles. The fraction of sp³-hybridized carbons (Fsp3) is 0.812. The van der Waals surface area contributed by atoms with Crippen LogP contribution in [0.4, 0.5) is 0 Å². The Morgan fingerprint density at radius 1 is 1.35 bits per heavy atom. The first-order chi connectivity index (χ1) is 9.65. The second-order valence-electron chi connectivity index (χ2n) is 5.72. The van der Waals surface area contributed by atoms with Crippen molar-refractivity contribution in [3.8, 4) is 0 Å². The third-order valence-corrected chi connectivity index (χ3v) is 4.47. The monoisotopic (exact) mass is 280 g/mol. The van der Waals surface area contributed by atoms with Gasteiger partial charge in [0.15, 0.2) is 0 Å². The van der Waals surface area contributed by atoms with Crippen molar-refractivity contribution in [1.82, 2.24) is 9.78 Å². The number of nitrogens with zero attached hydrogens (tertiary/aromatic N) is 2. The lowest BCUT2D eigenvalue weighted by molar-refractivity contribution is -0.116. The molecule has 1 aliphatic rings. The largest absolute Gasteiger partial charge is 0.390 e. The van der Waals surface area contributed by atoms with Crippen molar-refractivity contribution in [2.75, 3.05) is 6.61 Å². The summed E-state index contributed by atoms with van der Waals surface area (Å²) in [5.74, 6) is 0. The summed E-state index contributed by atoms with van der Waals surface area (Å²) in [5, 5.41) is 15.3. The Bertz CT molecular complexity index is 422. The maximum atomic E-state index is 10.7. The fourth-order valence-corrected chi connectivity index (χ4v) is 3.34. The first-order valence-electron chi connectivity index (χ1n) is 8.02. The Labute approximate surface area is 122 Å². The summed E-state index contributed by atoms with van der Waals surface area (Å²) in [4.78, 5) is 0. The highest BCUT2D eigenvalue weighted by atomic mass is 16.5. The standard InChI is InChI=1S/C16H28N2O2/c1-4-13-11-14(18(5-2)17-13)12-15(19)16(20-6-3)9-7-8-10-16/h11,15,19H,4-10,12H2,1-3H3. The molecular formula is C16H28N2O2. The van der Waals surface area contributed by atoms with Gasteiger partial charge in [-0.3, -0.25) is 4.68 Å². The minimum Gasteiger partial charge on any atom is -0.390 e. The van der Waals surface area contributed by atoms with Crippen molar-refractivity contribution < 1.29 is 9.84 Å². The molecule has 0 radical (unpaired) electrons. The molecule has 1 unspecified atom stereocenters. The third-order valence-electron chi connectivity index (χ3n) is 4.47. The second-order valence-corrected chi connectivity index (χ2v) is 5.72. The van der Waals surface area contributed by atoms with Crippen LogP contribution in [-0.2, 0) is 24.1 Å². The van der Waals surface area contributed by atoms with Gasteiger partial charge in [0.2, 0.25) is 0 Å². The summed E-state index contributed by atoms with van der Waals surface area (Å²) >= 11 is 0. The maximum absolute atomic E-state index is 10.7. The molecule has 1 aliphatic carbocycles. The van der Waals surface area contributed by atoms with Crippen molar-refractivity contribution in [3.63, 3.8) is 0 Å². The lowest BCUT2D eigenvalue weighted by Crippen LogP contribution is -2.44. The maximum Gasteiger partial charge on any atom is 0.0943 e. The zero-order chi connectivity index (χ0) is 14.6. The molecule has 0 aliphatic heterocycles. The van der Waals surface area contributed by atoms with E-state index in [9.17, 15) is 5.11 Å². The van der Waals surface area contributed by atoms with E-state index in [2.05, 4.69) is 25.0 Å². The Morgan fingerprint density at radius 3 is 2.60 bits per heavy atom. The van der Waals surface area contributed by atoms with Gasteiger partial charge in [-0.05, 0) is 39.2 Å². The van der Waals surface area contributed by atoms with E-state index in [1.807, 2.05) is 11.6 Å². The molecule has 1 fully saturated rings. The van der Waals surface area contributed by atoms with Gasteiger partial charge in [0.1, 0.15) is 0 Å². The quantitative estimate of drug-likeness (QED) is 0.835. The minimum absolute atomic E-state index is 0.329. The summed E-state index contributed by atoms with van der Waals surface area (Å²) in [7, 11) is 0. The number of ether oxygens (including phenoxy) is 1. The van der Waals surface area contributed by atoms with Crippen molar-refractivity contribution in [2.24, 2.45) is 0 Å². The molecule has 0 amide bonds. The zero-order valence-corrected chi connectivity index (χ0v) is 13.1. The molecule has 4 heteroatoms. The number of aliphatic hydroxyl groups is 1. The smallest absolute Gasteiger partial charge is 0.0943 e. The summed E-state index contributed by atoms with van der Waals surface area (Å²) < 4.78 is 7.96. The molecule has 1 aromatic heterocycles. The first-order valence-corrected chi connectivity index (χ1v) is 8.02. The highest BCUT2D eigenvalue weighted by Gasteiger charge is 2.41. The van der Waals surface area contributed by atoms with Crippen molar-refractivity contribution >= 4 is 0 Å². The van der Waals surface area contributed by atoms with E-state index in [1.54, 1.807) is 0 Å². The zero-order valence-electron chi connectivity index (χ0n) is 13.1. The van der Waals surface area contributed by atoms with Crippen molar-refractivity contribution in [3.05, 3.63) is 17.5 Å². The van der Waals surface area contributed by atoms with Gasteiger partial charge in [-0.15, -0.1) is 0 Å². The van der Waals surface area contributed by atoms with Crippen LogP contribution >= 0.6 is 0 Å². The Balaban J connectivity index is 2.13. The molecule has 1 heterocycles. The number of aliphatic hydroxyl groups excluding tert-OH is 1. The van der Waals surface area contributed by atoms with Crippen LogP contribution in [0.1, 0.15) is 57.8 Å². The number of aromatic nitrogens is 2. The number of hydrogen-bond acceptors (Lipinski definition) is 3. The molecule has 0 aromatic carbocycles. The van der Waals surface area contributed by atoms with E-state index < -0.39 is 6.10 Å². The van der Waals surface area contributed by atoms with Gasteiger partial charge in [0, 0.05) is 25.3 Å². The van der Waals surface area contributed by atoms with Gasteiger partial charge in [0.05, 0.1) is 17.4 Å². The summed E-state index contributed by atoms with van der Waals surface area (Å²) in [6.07, 6.45) is 5.41. The predicted molar refractivity (Wildman–Crippen MR) is 79.8 cm³/mol. The molecular weight excluding hydrogens is 252 g/mol. The second kappa shape index (κ2) is 6.72. The summed E-state index contributed by atoms with van der Waals surface area (Å²) in [6, 6.07) is 2.13. The van der Waals surface area contributed by atoms with Crippen LogP contribution in [0.3, 0.4) is 0 Å². The average Bonchev–Trinajstić information content (AvgIpc) is 3.06. The molecule has 0 spiro atoms. The third kappa shape index (κ3) is 3.07. The van der Waals surface area contributed by atoms with E-state index in [-0.39, 0.29) is 5.60 Å². The molecule has 114 valence electrons. The number of rotatable bonds is 7. The van der Waals surface area contributed by atoms with E-state index in [1.165, 1.54) is 0 Å². The van der Waals surface area contributed by atoms with Gasteiger partial charge in [-0.2, -0.15) is 5.10 Å². The van der Waals surface area contributed by atoms with Crippen LogP contribution in [-0.4, -0.2) is 33.2 Å². The van der Waals surface area contributed by atoms with E-state index >= 15 is 0 Å². The van der Waals surface area contributed by atoms with Crippen LogP contribution in [0.5, 0.6) is 0 Å². The topological polar surface area (TPSA) is 47.3 Å². The molecule has 1 atom stereocenters. The van der Waals surface area contributed by atoms with Crippen molar-refractivity contribution in [1.29, 1.82) is 0 Å². The van der Waals surface area contributed by atoms with Gasteiger partial charge >= 0.3 is 0 Å². The van der Waals surface area contributed by atoms with E-state index in [4.69, 9.17) is 4.74 Å². The molecule has 1 saturated carbocycles. The Kier molecular flexibility index (Phi) is 5.22. The first kappa shape index (κ1) is 15.5. The highest BCUT2D eigenvalue weighted by molar-refractivity contribution is 5.13. The van der Waals surface area contributed by atoms with Gasteiger partial charge in [-0.1, -0.05) is 19.8 Å². The Hall–Kier alpha value is -0.870. The van der Waals surface area contributed by atoms with Crippen LogP contribution in [0.25, 0.3) is 0 Å². The van der Waals surface area contributed by atoms with Crippen LogP contribution in [0.15, 0.2) is 6.07 Å². The number of hydrogen-bond donors (Lipinski definition) is 1. The molecule has 4 nitrogen and oxygen atoms in total. The fourth-order valence-electron chi connectivity index (χ4n) is 3.34.